The van der Waals surface area contributed by atoms with Crippen LogP contribution in [0.5, 0.6) is 5.75 Å². The van der Waals surface area contributed by atoms with Gasteiger partial charge in [0.15, 0.2) is 11.5 Å². The summed E-state index contributed by atoms with van der Waals surface area (Å²) >= 11 is 0. The van der Waals surface area contributed by atoms with Crippen molar-refractivity contribution in [1.29, 1.82) is 5.26 Å². The van der Waals surface area contributed by atoms with Gasteiger partial charge in [0, 0.05) is 24.9 Å². The molecule has 0 aliphatic heterocycles. The van der Waals surface area contributed by atoms with E-state index in [1.807, 2.05) is 47.0 Å². The van der Waals surface area contributed by atoms with Gasteiger partial charge in [-0.05, 0) is 29.8 Å². The highest BCUT2D eigenvalue weighted by atomic mass is 16.5. The zero-order valence-corrected chi connectivity index (χ0v) is 18.0. The lowest BCUT2D eigenvalue weighted by molar-refractivity contribution is 0.0595. The van der Waals surface area contributed by atoms with Gasteiger partial charge in [0.1, 0.15) is 29.5 Å². The summed E-state index contributed by atoms with van der Waals surface area (Å²) in [4.78, 5) is 16.7. The van der Waals surface area contributed by atoms with Crippen LogP contribution in [0.1, 0.15) is 27.4 Å². The van der Waals surface area contributed by atoms with E-state index in [0.29, 0.717) is 45.9 Å². The smallest absolute Gasteiger partial charge is 0.341 e. The quantitative estimate of drug-likeness (QED) is 0.346. The van der Waals surface area contributed by atoms with Crippen molar-refractivity contribution in [3.63, 3.8) is 0 Å². The predicted molar refractivity (Wildman–Crippen MR) is 122 cm³/mol. The molecule has 5 rings (SSSR count). The number of aryl methyl sites for hydroxylation is 1. The number of methoxy groups -OCH3 is 1. The Hall–Kier alpha value is -4.57. The van der Waals surface area contributed by atoms with E-state index in [4.69, 9.17) is 13.9 Å². The van der Waals surface area contributed by atoms with Crippen LogP contribution in [0.15, 0.2) is 71.3 Å². The minimum Gasteiger partial charge on any atom is -0.488 e. The fourth-order valence-electron chi connectivity index (χ4n) is 3.91. The first kappa shape index (κ1) is 20.3. The van der Waals surface area contributed by atoms with Crippen LogP contribution >= 0.6 is 0 Å². The van der Waals surface area contributed by atoms with Gasteiger partial charge in [0.05, 0.1) is 23.6 Å². The molecule has 0 aliphatic rings. The highest BCUT2D eigenvalue weighted by Crippen LogP contribution is 2.33. The zero-order chi connectivity index (χ0) is 22.9. The fraction of sp³-hybridized carbons (Fsp3) is 0.115. The number of hydrogen-bond acceptors (Lipinski definition) is 6. The number of hydrogen-bond donors (Lipinski definition) is 0. The topological polar surface area (TPSA) is 90.3 Å². The first-order chi connectivity index (χ1) is 16.1. The summed E-state index contributed by atoms with van der Waals surface area (Å²) in [5, 5.41) is 10.5. The normalized spacial score (nSPS) is 10.9. The summed E-state index contributed by atoms with van der Waals surface area (Å²) in [7, 11) is 1.33. The minimum atomic E-state index is -0.487. The van der Waals surface area contributed by atoms with Crippen LogP contribution in [0.2, 0.25) is 0 Å². The monoisotopic (exact) mass is 437 g/mol. The molecule has 0 aliphatic carbocycles. The van der Waals surface area contributed by atoms with Crippen molar-refractivity contribution >= 4 is 28.0 Å². The van der Waals surface area contributed by atoms with Gasteiger partial charge in [0.2, 0.25) is 0 Å². The lowest BCUT2D eigenvalue weighted by Gasteiger charge is -2.13. The Morgan fingerprint density at radius 2 is 1.97 bits per heavy atom. The third-order valence-corrected chi connectivity index (χ3v) is 5.44. The van der Waals surface area contributed by atoms with Gasteiger partial charge in [-0.25, -0.2) is 9.78 Å². The number of ether oxygens (including phenoxy) is 2. The second-order valence-corrected chi connectivity index (χ2v) is 7.51. The Balaban J connectivity index is 1.64. The van der Waals surface area contributed by atoms with Gasteiger partial charge in [-0.2, -0.15) is 5.26 Å². The van der Waals surface area contributed by atoms with E-state index in [9.17, 15) is 10.1 Å². The zero-order valence-electron chi connectivity index (χ0n) is 18.0. The SMILES string of the molecule is COC(=O)c1ccc(-n2cc(C#N)c3c4oc(C)nc4ccc32)cc1OCc1ccccc1. The number of carbonyl (C=O) groups is 1. The highest BCUT2D eigenvalue weighted by molar-refractivity contribution is 6.06. The molecule has 0 spiro atoms. The number of rotatable bonds is 5. The molecule has 0 unspecified atom stereocenters. The molecule has 2 heterocycles. The van der Waals surface area contributed by atoms with E-state index >= 15 is 0 Å². The predicted octanol–water partition coefficient (Wildman–Crippen LogP) is 5.32. The molecule has 162 valence electrons. The van der Waals surface area contributed by atoms with Crippen LogP contribution in [-0.2, 0) is 11.3 Å². The van der Waals surface area contributed by atoms with Crippen molar-refractivity contribution in [3.8, 4) is 17.5 Å². The third-order valence-electron chi connectivity index (χ3n) is 5.44. The molecule has 33 heavy (non-hydrogen) atoms. The second kappa shape index (κ2) is 8.17. The first-order valence-electron chi connectivity index (χ1n) is 10.3. The maximum atomic E-state index is 12.3. The lowest BCUT2D eigenvalue weighted by atomic mass is 10.1. The maximum absolute atomic E-state index is 12.3. The lowest BCUT2D eigenvalue weighted by Crippen LogP contribution is -2.07. The van der Waals surface area contributed by atoms with Crippen molar-refractivity contribution in [2.45, 2.75) is 13.5 Å². The Labute approximate surface area is 189 Å². The van der Waals surface area contributed by atoms with Gasteiger partial charge in [-0.3, -0.25) is 0 Å². The molecule has 0 saturated heterocycles. The molecule has 2 aromatic heterocycles. The Kier molecular flexibility index (Phi) is 5.04. The van der Waals surface area contributed by atoms with Gasteiger partial charge in [-0.1, -0.05) is 30.3 Å². The van der Waals surface area contributed by atoms with Crippen molar-refractivity contribution in [1.82, 2.24) is 9.55 Å². The number of nitriles is 1. The van der Waals surface area contributed by atoms with Crippen LogP contribution < -0.4 is 4.74 Å². The van der Waals surface area contributed by atoms with E-state index < -0.39 is 5.97 Å². The summed E-state index contributed by atoms with van der Waals surface area (Å²) in [5.74, 6) is 0.437. The average molecular weight is 437 g/mol. The molecule has 0 bridgehead atoms. The number of fused-ring (bicyclic) bond motifs is 3. The molecule has 7 heteroatoms. The van der Waals surface area contributed by atoms with E-state index in [2.05, 4.69) is 11.1 Å². The molecule has 0 amide bonds. The fourth-order valence-corrected chi connectivity index (χ4v) is 3.91. The largest absolute Gasteiger partial charge is 0.488 e. The molecule has 7 nitrogen and oxygen atoms in total. The van der Waals surface area contributed by atoms with Crippen LogP contribution in [0.25, 0.3) is 27.7 Å². The van der Waals surface area contributed by atoms with E-state index in [0.717, 1.165) is 16.8 Å². The summed E-state index contributed by atoms with van der Waals surface area (Å²) in [6.45, 7) is 2.07. The van der Waals surface area contributed by atoms with Gasteiger partial charge in [0.25, 0.3) is 0 Å². The van der Waals surface area contributed by atoms with Crippen molar-refractivity contribution in [2.75, 3.05) is 7.11 Å². The number of esters is 1. The third kappa shape index (κ3) is 3.58. The van der Waals surface area contributed by atoms with E-state index in [1.54, 1.807) is 31.3 Å². The highest BCUT2D eigenvalue weighted by Gasteiger charge is 2.19. The van der Waals surface area contributed by atoms with Gasteiger partial charge < -0.3 is 18.5 Å². The molecule has 0 fully saturated rings. The summed E-state index contributed by atoms with van der Waals surface area (Å²) in [6, 6.07) is 20.9. The first-order valence-corrected chi connectivity index (χ1v) is 10.3. The van der Waals surface area contributed by atoms with E-state index in [-0.39, 0.29) is 0 Å². The maximum Gasteiger partial charge on any atom is 0.341 e. The molecule has 0 atom stereocenters. The van der Waals surface area contributed by atoms with Crippen molar-refractivity contribution in [3.05, 3.63) is 89.4 Å². The second-order valence-electron chi connectivity index (χ2n) is 7.51. The summed E-state index contributed by atoms with van der Waals surface area (Å²) in [6.07, 6.45) is 1.75. The Bertz CT molecular complexity index is 1540. The number of oxazole rings is 1. The summed E-state index contributed by atoms with van der Waals surface area (Å²) < 4.78 is 18.6. The molecular weight excluding hydrogens is 418 g/mol. The Morgan fingerprint density at radius 1 is 1.15 bits per heavy atom. The number of carbonyl (C=O) groups excluding carboxylic acids is 1. The van der Waals surface area contributed by atoms with Gasteiger partial charge in [-0.15, -0.1) is 0 Å². The molecule has 3 aromatic carbocycles. The van der Waals surface area contributed by atoms with Crippen LogP contribution in [-0.4, -0.2) is 22.6 Å². The molecule has 5 aromatic rings. The van der Waals surface area contributed by atoms with Crippen LogP contribution in [0.3, 0.4) is 0 Å². The number of nitrogens with zero attached hydrogens (tertiary/aromatic N) is 3. The Morgan fingerprint density at radius 3 is 2.73 bits per heavy atom. The number of benzene rings is 3. The standard InChI is InChI=1S/C26H19N3O4/c1-16-28-21-10-11-22-24(25(21)33-16)18(13-27)14-29(22)19-8-9-20(26(30)31-2)23(12-19)32-15-17-6-4-3-5-7-17/h3-12,14H,15H2,1-2H3. The van der Waals surface area contributed by atoms with Crippen LogP contribution in [0.4, 0.5) is 0 Å². The average Bonchev–Trinajstić information content (AvgIpc) is 3.42. The molecule has 0 radical (unpaired) electrons. The van der Waals surface area contributed by atoms with Gasteiger partial charge >= 0.3 is 5.97 Å². The van der Waals surface area contributed by atoms with Crippen molar-refractivity contribution in [2.24, 2.45) is 0 Å². The minimum absolute atomic E-state index is 0.294. The molecule has 0 saturated carbocycles. The van der Waals surface area contributed by atoms with Crippen LogP contribution in [0, 0.1) is 18.3 Å². The van der Waals surface area contributed by atoms with E-state index in [1.165, 1.54) is 7.11 Å². The number of aromatic nitrogens is 2. The molecular formula is C26H19N3O4. The molecule has 0 N–H and O–H groups in total. The van der Waals surface area contributed by atoms with Crippen molar-refractivity contribution < 1.29 is 18.7 Å². The summed E-state index contributed by atoms with van der Waals surface area (Å²) in [5.41, 5.74) is 4.55.